The molecule has 0 aromatic heterocycles. The fourth-order valence-corrected chi connectivity index (χ4v) is 4.01. The first-order valence-corrected chi connectivity index (χ1v) is 8.81. The molecule has 1 saturated heterocycles. The molecule has 1 heterocycles. The van der Waals surface area contributed by atoms with Crippen molar-refractivity contribution < 1.29 is 27.1 Å². The lowest BCUT2D eigenvalue weighted by Crippen LogP contribution is -2.42. The summed E-state index contributed by atoms with van der Waals surface area (Å²) < 4.78 is 44.2. The van der Waals surface area contributed by atoms with Crippen LogP contribution in [0.3, 0.4) is 0 Å². The Morgan fingerprint density at radius 2 is 1.92 bits per heavy atom. The molecule has 0 unspecified atom stereocenters. The van der Waals surface area contributed by atoms with Crippen LogP contribution in [-0.4, -0.2) is 62.8 Å². The fourth-order valence-electron chi connectivity index (χ4n) is 2.36. The van der Waals surface area contributed by atoms with Crippen molar-refractivity contribution in [3.05, 3.63) is 30.1 Å². The monoisotopic (exact) mass is 358 g/mol. The average molecular weight is 358 g/mol. The van der Waals surface area contributed by atoms with Gasteiger partial charge >= 0.3 is 5.97 Å². The number of benzene rings is 1. The second-order valence-corrected chi connectivity index (χ2v) is 7.51. The number of esters is 1. The Bertz CT molecular complexity index is 718. The van der Waals surface area contributed by atoms with Gasteiger partial charge in [-0.2, -0.15) is 4.31 Å². The second-order valence-electron chi connectivity index (χ2n) is 5.62. The minimum atomic E-state index is -3.93. The van der Waals surface area contributed by atoms with Crippen molar-refractivity contribution in [2.24, 2.45) is 0 Å². The van der Waals surface area contributed by atoms with E-state index < -0.39 is 40.4 Å². The number of carbonyl (C=O) groups is 2. The molecule has 9 heteroatoms. The van der Waals surface area contributed by atoms with Crippen LogP contribution in [0.4, 0.5) is 4.39 Å². The standard InChI is InChI=1S/C15H19FN2O5S/c1-17(2)14(19)10-23-15(20)13-4-3-9-18(13)24(21,22)12-7-5-11(16)6-8-12/h5-8,13H,3-4,9-10H2,1-2H3/t13-/m0/s1. The zero-order valence-electron chi connectivity index (χ0n) is 13.4. The van der Waals surface area contributed by atoms with Gasteiger partial charge in [-0.15, -0.1) is 0 Å². The van der Waals surface area contributed by atoms with E-state index in [4.69, 9.17) is 4.74 Å². The molecule has 0 spiro atoms. The van der Waals surface area contributed by atoms with E-state index in [9.17, 15) is 22.4 Å². The lowest BCUT2D eigenvalue weighted by Gasteiger charge is -2.23. The molecule has 2 rings (SSSR count). The molecule has 1 aliphatic rings. The first kappa shape index (κ1) is 18.3. The van der Waals surface area contributed by atoms with Gasteiger partial charge < -0.3 is 9.64 Å². The summed E-state index contributed by atoms with van der Waals surface area (Å²) in [6.07, 6.45) is 0.817. The molecule has 24 heavy (non-hydrogen) atoms. The Balaban J connectivity index is 2.13. The number of nitrogens with zero attached hydrogens (tertiary/aromatic N) is 2. The molecule has 0 N–H and O–H groups in total. The van der Waals surface area contributed by atoms with Gasteiger partial charge in [0, 0.05) is 20.6 Å². The molecular formula is C15H19FN2O5S. The summed E-state index contributed by atoms with van der Waals surface area (Å²) in [5, 5.41) is 0. The van der Waals surface area contributed by atoms with Crippen molar-refractivity contribution in [2.45, 2.75) is 23.8 Å². The van der Waals surface area contributed by atoms with Gasteiger partial charge in [0.1, 0.15) is 11.9 Å². The summed E-state index contributed by atoms with van der Waals surface area (Å²) in [5.74, 6) is -1.70. The predicted octanol–water partition coefficient (Wildman–Crippen LogP) is 0.610. The number of sulfonamides is 1. The third-order valence-electron chi connectivity index (χ3n) is 3.73. The van der Waals surface area contributed by atoms with E-state index in [0.717, 1.165) is 28.6 Å². The lowest BCUT2D eigenvalue weighted by atomic mass is 10.2. The minimum Gasteiger partial charge on any atom is -0.454 e. The smallest absolute Gasteiger partial charge is 0.324 e. The first-order valence-electron chi connectivity index (χ1n) is 7.37. The van der Waals surface area contributed by atoms with Crippen LogP contribution in [0, 0.1) is 5.82 Å². The molecule has 7 nitrogen and oxygen atoms in total. The molecule has 0 radical (unpaired) electrons. The van der Waals surface area contributed by atoms with E-state index in [1.54, 1.807) is 0 Å². The highest BCUT2D eigenvalue weighted by Crippen LogP contribution is 2.27. The Morgan fingerprint density at radius 3 is 2.50 bits per heavy atom. The molecule has 1 aliphatic heterocycles. The van der Waals surface area contributed by atoms with Crippen LogP contribution in [0.2, 0.25) is 0 Å². The van der Waals surface area contributed by atoms with Crippen molar-refractivity contribution in [3.63, 3.8) is 0 Å². The number of rotatable bonds is 5. The van der Waals surface area contributed by atoms with Crippen LogP contribution < -0.4 is 0 Å². The molecular weight excluding hydrogens is 339 g/mol. The molecule has 1 amide bonds. The topological polar surface area (TPSA) is 84.0 Å². The number of amides is 1. The van der Waals surface area contributed by atoms with Crippen molar-refractivity contribution in [1.29, 1.82) is 0 Å². The number of carbonyl (C=O) groups excluding carboxylic acids is 2. The Hall–Kier alpha value is -2.00. The largest absolute Gasteiger partial charge is 0.454 e. The van der Waals surface area contributed by atoms with Crippen molar-refractivity contribution in [3.8, 4) is 0 Å². The van der Waals surface area contributed by atoms with Crippen LogP contribution in [0.25, 0.3) is 0 Å². The zero-order chi connectivity index (χ0) is 17.9. The third kappa shape index (κ3) is 3.90. The van der Waals surface area contributed by atoms with Crippen LogP contribution in [0.15, 0.2) is 29.2 Å². The van der Waals surface area contributed by atoms with Gasteiger partial charge in [-0.1, -0.05) is 0 Å². The molecule has 0 bridgehead atoms. The molecule has 1 atom stereocenters. The summed E-state index contributed by atoms with van der Waals surface area (Å²) >= 11 is 0. The predicted molar refractivity (Wildman–Crippen MR) is 83.0 cm³/mol. The summed E-state index contributed by atoms with van der Waals surface area (Å²) in [7, 11) is -0.884. The van der Waals surface area contributed by atoms with Gasteiger partial charge in [-0.05, 0) is 37.1 Å². The molecule has 1 fully saturated rings. The van der Waals surface area contributed by atoms with Crippen LogP contribution >= 0.6 is 0 Å². The summed E-state index contributed by atoms with van der Waals surface area (Å²) in [6, 6.07) is 3.43. The summed E-state index contributed by atoms with van der Waals surface area (Å²) in [6.45, 7) is -0.270. The van der Waals surface area contributed by atoms with Crippen LogP contribution in [0.1, 0.15) is 12.8 Å². The van der Waals surface area contributed by atoms with Crippen LogP contribution in [-0.2, 0) is 24.3 Å². The van der Waals surface area contributed by atoms with E-state index in [0.29, 0.717) is 12.8 Å². The number of ether oxygens (including phenoxy) is 1. The van der Waals surface area contributed by atoms with Gasteiger partial charge in [0.25, 0.3) is 5.91 Å². The van der Waals surface area contributed by atoms with E-state index in [2.05, 4.69) is 0 Å². The van der Waals surface area contributed by atoms with E-state index in [1.165, 1.54) is 19.0 Å². The van der Waals surface area contributed by atoms with Crippen LogP contribution in [0.5, 0.6) is 0 Å². The Labute approximate surface area is 140 Å². The highest BCUT2D eigenvalue weighted by atomic mass is 32.2. The maximum atomic E-state index is 13.0. The van der Waals surface area contributed by atoms with Gasteiger partial charge in [0.05, 0.1) is 4.90 Å². The maximum absolute atomic E-state index is 13.0. The summed E-state index contributed by atoms with van der Waals surface area (Å²) in [4.78, 5) is 24.8. The molecule has 1 aromatic carbocycles. The second kappa shape index (κ2) is 7.27. The SMILES string of the molecule is CN(C)C(=O)COC(=O)[C@@H]1CCCN1S(=O)(=O)c1ccc(F)cc1. The average Bonchev–Trinajstić information content (AvgIpc) is 3.03. The van der Waals surface area contributed by atoms with Gasteiger partial charge in [-0.25, -0.2) is 12.8 Å². The zero-order valence-corrected chi connectivity index (χ0v) is 14.3. The minimum absolute atomic E-state index is 0.0898. The lowest BCUT2D eigenvalue weighted by molar-refractivity contribution is -0.153. The third-order valence-corrected chi connectivity index (χ3v) is 5.66. The van der Waals surface area contributed by atoms with Crippen molar-refractivity contribution >= 4 is 21.9 Å². The highest BCUT2D eigenvalue weighted by molar-refractivity contribution is 7.89. The Morgan fingerprint density at radius 1 is 1.29 bits per heavy atom. The Kier molecular flexibility index (Phi) is 5.55. The van der Waals surface area contributed by atoms with Gasteiger partial charge in [0.15, 0.2) is 6.61 Å². The fraction of sp³-hybridized carbons (Fsp3) is 0.467. The molecule has 0 aliphatic carbocycles. The molecule has 0 saturated carbocycles. The van der Waals surface area contributed by atoms with Gasteiger partial charge in [-0.3, -0.25) is 9.59 Å². The highest BCUT2D eigenvalue weighted by Gasteiger charge is 2.40. The number of hydrogen-bond acceptors (Lipinski definition) is 5. The van der Waals surface area contributed by atoms with Crippen molar-refractivity contribution in [1.82, 2.24) is 9.21 Å². The number of halogens is 1. The summed E-state index contributed by atoms with van der Waals surface area (Å²) in [5.41, 5.74) is 0. The molecule has 132 valence electrons. The number of likely N-dealkylation sites (N-methyl/N-ethyl adjacent to an activating group) is 1. The van der Waals surface area contributed by atoms with Crippen molar-refractivity contribution in [2.75, 3.05) is 27.2 Å². The normalized spacial score (nSPS) is 18.4. The first-order chi connectivity index (χ1) is 11.2. The van der Waals surface area contributed by atoms with E-state index >= 15 is 0 Å². The van der Waals surface area contributed by atoms with E-state index in [-0.39, 0.29) is 11.4 Å². The number of hydrogen-bond donors (Lipinski definition) is 0. The maximum Gasteiger partial charge on any atom is 0.324 e. The van der Waals surface area contributed by atoms with Gasteiger partial charge in [0.2, 0.25) is 10.0 Å². The van der Waals surface area contributed by atoms with E-state index in [1.807, 2.05) is 0 Å². The molecule has 1 aromatic rings. The quantitative estimate of drug-likeness (QED) is 0.720.